The Morgan fingerprint density at radius 3 is 2.41 bits per heavy atom. The molecule has 0 aliphatic carbocycles. The van der Waals surface area contributed by atoms with Gasteiger partial charge in [0, 0.05) is 5.92 Å². The number of aryl methyl sites for hydroxylation is 1. The molecule has 1 rings (SSSR count). The average molecular weight is 228 g/mol. The van der Waals surface area contributed by atoms with Gasteiger partial charge in [0.1, 0.15) is 0 Å². The van der Waals surface area contributed by atoms with Gasteiger partial charge in [0.15, 0.2) is 0 Å². The molecule has 0 N–H and O–H groups in total. The van der Waals surface area contributed by atoms with Crippen LogP contribution in [0.1, 0.15) is 51.3 Å². The van der Waals surface area contributed by atoms with Crippen LogP contribution in [0, 0.1) is 24.7 Å². The van der Waals surface area contributed by atoms with E-state index in [0.29, 0.717) is 5.92 Å². The van der Waals surface area contributed by atoms with Gasteiger partial charge in [-0.1, -0.05) is 45.9 Å². The molecule has 0 aliphatic rings. The molecule has 1 unspecified atom stereocenters. The summed E-state index contributed by atoms with van der Waals surface area (Å²) in [5, 5.41) is 0. The summed E-state index contributed by atoms with van der Waals surface area (Å²) < 4.78 is 0. The lowest BCUT2D eigenvalue weighted by atomic mass is 9.82. The first kappa shape index (κ1) is 13.8. The molecule has 1 aromatic rings. The molecule has 0 nitrogen and oxygen atoms in total. The van der Waals surface area contributed by atoms with Crippen molar-refractivity contribution in [3.63, 3.8) is 0 Å². The second-order valence-corrected chi connectivity index (χ2v) is 5.90. The van der Waals surface area contributed by atoms with E-state index in [2.05, 4.69) is 64.7 Å². The molecule has 0 spiro atoms. The van der Waals surface area contributed by atoms with Gasteiger partial charge >= 0.3 is 0 Å². The lowest BCUT2D eigenvalue weighted by Gasteiger charge is -2.23. The van der Waals surface area contributed by atoms with Gasteiger partial charge in [-0.15, -0.1) is 11.8 Å². The van der Waals surface area contributed by atoms with Gasteiger partial charge in [-0.25, -0.2) is 0 Å². The van der Waals surface area contributed by atoms with Crippen molar-refractivity contribution in [2.24, 2.45) is 5.92 Å². The highest BCUT2D eigenvalue weighted by molar-refractivity contribution is 5.36. The van der Waals surface area contributed by atoms with Crippen LogP contribution in [0.15, 0.2) is 18.2 Å². The zero-order chi connectivity index (χ0) is 13.1. The SMILES string of the molecule is CC#CC(C)Cc1ccc(C)c(C(C)(C)C)c1. The zero-order valence-corrected chi connectivity index (χ0v) is 12.0. The van der Waals surface area contributed by atoms with E-state index in [1.54, 1.807) is 0 Å². The van der Waals surface area contributed by atoms with Crippen LogP contribution in [-0.2, 0) is 11.8 Å². The second kappa shape index (κ2) is 5.41. The average Bonchev–Trinajstić information content (AvgIpc) is 2.19. The lowest BCUT2D eigenvalue weighted by molar-refractivity contribution is 0.584. The van der Waals surface area contributed by atoms with Crippen molar-refractivity contribution in [2.45, 2.75) is 53.4 Å². The van der Waals surface area contributed by atoms with E-state index in [0.717, 1.165) is 6.42 Å². The van der Waals surface area contributed by atoms with Crippen molar-refractivity contribution in [1.82, 2.24) is 0 Å². The van der Waals surface area contributed by atoms with Crippen LogP contribution in [0.25, 0.3) is 0 Å². The molecular formula is C17H24. The maximum atomic E-state index is 3.22. The number of hydrogen-bond donors (Lipinski definition) is 0. The summed E-state index contributed by atoms with van der Waals surface area (Å²) >= 11 is 0. The third-order valence-corrected chi connectivity index (χ3v) is 3.04. The summed E-state index contributed by atoms with van der Waals surface area (Å²) in [6, 6.07) is 6.82. The predicted molar refractivity (Wildman–Crippen MR) is 76.2 cm³/mol. The van der Waals surface area contributed by atoms with Crippen LogP contribution in [0.3, 0.4) is 0 Å². The van der Waals surface area contributed by atoms with E-state index >= 15 is 0 Å². The molecule has 0 aromatic heterocycles. The molecule has 17 heavy (non-hydrogen) atoms. The molecule has 0 heteroatoms. The van der Waals surface area contributed by atoms with E-state index < -0.39 is 0 Å². The smallest absolute Gasteiger partial charge is 0.0214 e. The number of hydrogen-bond acceptors (Lipinski definition) is 0. The lowest BCUT2D eigenvalue weighted by Crippen LogP contribution is -2.13. The summed E-state index contributed by atoms with van der Waals surface area (Å²) in [6.45, 7) is 13.1. The Morgan fingerprint density at radius 1 is 1.24 bits per heavy atom. The Balaban J connectivity index is 3.00. The van der Waals surface area contributed by atoms with Crippen molar-refractivity contribution < 1.29 is 0 Å². The van der Waals surface area contributed by atoms with Gasteiger partial charge in [-0.3, -0.25) is 0 Å². The Kier molecular flexibility index (Phi) is 4.40. The monoisotopic (exact) mass is 228 g/mol. The highest BCUT2D eigenvalue weighted by atomic mass is 14.2. The second-order valence-electron chi connectivity index (χ2n) is 5.90. The minimum absolute atomic E-state index is 0.222. The largest absolute Gasteiger partial charge is 0.106 e. The Morgan fingerprint density at radius 2 is 1.88 bits per heavy atom. The standard InChI is InChI=1S/C17H24/c1-7-8-13(2)11-15-10-9-14(3)16(12-15)17(4,5)6/h9-10,12-13H,11H2,1-6H3. The van der Waals surface area contributed by atoms with E-state index in [9.17, 15) is 0 Å². The first-order valence-corrected chi connectivity index (χ1v) is 6.37. The Hall–Kier alpha value is -1.22. The van der Waals surface area contributed by atoms with Crippen LogP contribution in [-0.4, -0.2) is 0 Å². The van der Waals surface area contributed by atoms with Gasteiger partial charge in [-0.05, 0) is 42.4 Å². The molecule has 0 heterocycles. The quantitative estimate of drug-likeness (QED) is 0.654. The molecule has 0 saturated heterocycles. The molecule has 0 saturated carbocycles. The topological polar surface area (TPSA) is 0 Å². The van der Waals surface area contributed by atoms with E-state index in [1.807, 2.05) is 6.92 Å². The Bertz CT molecular complexity index is 435. The molecule has 1 atom stereocenters. The first-order chi connectivity index (χ1) is 7.84. The summed E-state index contributed by atoms with van der Waals surface area (Å²) in [5.74, 6) is 6.65. The zero-order valence-electron chi connectivity index (χ0n) is 12.0. The van der Waals surface area contributed by atoms with Crippen LogP contribution < -0.4 is 0 Å². The fourth-order valence-corrected chi connectivity index (χ4v) is 2.26. The predicted octanol–water partition coefficient (Wildman–Crippen LogP) is 4.49. The highest BCUT2D eigenvalue weighted by Gasteiger charge is 2.16. The van der Waals surface area contributed by atoms with Gasteiger partial charge < -0.3 is 0 Å². The van der Waals surface area contributed by atoms with E-state index in [4.69, 9.17) is 0 Å². The summed E-state index contributed by atoms with van der Waals surface area (Å²) in [5.41, 5.74) is 4.46. The summed E-state index contributed by atoms with van der Waals surface area (Å²) in [4.78, 5) is 0. The molecule has 0 aliphatic heterocycles. The van der Waals surface area contributed by atoms with Crippen molar-refractivity contribution in [3.05, 3.63) is 34.9 Å². The summed E-state index contributed by atoms with van der Waals surface area (Å²) in [6.07, 6.45) is 1.05. The minimum Gasteiger partial charge on any atom is -0.106 e. The molecule has 92 valence electrons. The summed E-state index contributed by atoms with van der Waals surface area (Å²) in [7, 11) is 0. The fourth-order valence-electron chi connectivity index (χ4n) is 2.26. The van der Waals surface area contributed by atoms with E-state index in [1.165, 1.54) is 16.7 Å². The third kappa shape index (κ3) is 3.93. The molecule has 0 amide bonds. The fraction of sp³-hybridized carbons (Fsp3) is 0.529. The first-order valence-electron chi connectivity index (χ1n) is 6.37. The molecule has 1 aromatic carbocycles. The van der Waals surface area contributed by atoms with Crippen LogP contribution in [0.5, 0.6) is 0 Å². The van der Waals surface area contributed by atoms with Crippen LogP contribution >= 0.6 is 0 Å². The van der Waals surface area contributed by atoms with Crippen LogP contribution in [0.2, 0.25) is 0 Å². The van der Waals surface area contributed by atoms with Gasteiger partial charge in [-0.2, -0.15) is 0 Å². The molecule has 0 fully saturated rings. The van der Waals surface area contributed by atoms with Crippen molar-refractivity contribution in [1.29, 1.82) is 0 Å². The van der Waals surface area contributed by atoms with E-state index in [-0.39, 0.29) is 5.41 Å². The minimum atomic E-state index is 0.222. The molecule has 0 bridgehead atoms. The van der Waals surface area contributed by atoms with Gasteiger partial charge in [0.2, 0.25) is 0 Å². The highest BCUT2D eigenvalue weighted by Crippen LogP contribution is 2.27. The van der Waals surface area contributed by atoms with Crippen LogP contribution in [0.4, 0.5) is 0 Å². The third-order valence-electron chi connectivity index (χ3n) is 3.04. The molecular weight excluding hydrogens is 204 g/mol. The van der Waals surface area contributed by atoms with Gasteiger partial charge in [0.25, 0.3) is 0 Å². The maximum absolute atomic E-state index is 3.22. The Labute approximate surface area is 106 Å². The van der Waals surface area contributed by atoms with Crippen molar-refractivity contribution in [2.75, 3.05) is 0 Å². The molecule has 0 radical (unpaired) electrons. The van der Waals surface area contributed by atoms with Crippen molar-refractivity contribution in [3.8, 4) is 11.8 Å². The number of benzene rings is 1. The van der Waals surface area contributed by atoms with Gasteiger partial charge in [0.05, 0.1) is 0 Å². The maximum Gasteiger partial charge on any atom is 0.0214 e. The normalized spacial score (nSPS) is 12.8. The number of rotatable bonds is 2. The van der Waals surface area contributed by atoms with Crippen molar-refractivity contribution >= 4 is 0 Å².